The number of amides is 1. The van der Waals surface area contributed by atoms with Crippen LogP contribution in [0.25, 0.3) is 11.1 Å². The lowest BCUT2D eigenvalue weighted by Gasteiger charge is -2.45. The van der Waals surface area contributed by atoms with Crippen molar-refractivity contribution in [2.75, 3.05) is 31.6 Å². The Hall–Kier alpha value is -4.62. The Bertz CT molecular complexity index is 1610. The van der Waals surface area contributed by atoms with E-state index in [-0.39, 0.29) is 29.9 Å². The lowest BCUT2D eigenvalue weighted by atomic mass is 9.68. The minimum atomic E-state index is -1.09. The van der Waals surface area contributed by atoms with E-state index in [0.717, 1.165) is 41.8 Å². The second-order valence-corrected chi connectivity index (χ2v) is 12.2. The molecule has 1 aliphatic rings. The molecule has 4 aromatic rings. The van der Waals surface area contributed by atoms with Crippen molar-refractivity contribution in [2.24, 2.45) is 5.92 Å². The highest BCUT2D eigenvalue weighted by molar-refractivity contribution is 6.02. The number of phenolic OH excluding ortho intramolecular Hbond substituents is 1. The molecule has 0 unspecified atom stereocenters. The van der Waals surface area contributed by atoms with Gasteiger partial charge < -0.3 is 19.8 Å². The van der Waals surface area contributed by atoms with Crippen LogP contribution in [0.15, 0.2) is 103 Å². The van der Waals surface area contributed by atoms with Crippen molar-refractivity contribution in [2.45, 2.75) is 44.6 Å². The Balaban J connectivity index is 1.41. The van der Waals surface area contributed by atoms with E-state index in [9.17, 15) is 19.8 Å². The first kappa shape index (κ1) is 31.8. The van der Waals surface area contributed by atoms with Gasteiger partial charge in [0.1, 0.15) is 17.5 Å². The summed E-state index contributed by atoms with van der Waals surface area (Å²) in [5.74, 6) is -0.00148. The van der Waals surface area contributed by atoms with Gasteiger partial charge in [-0.15, -0.1) is 0 Å². The molecule has 1 saturated heterocycles. The summed E-state index contributed by atoms with van der Waals surface area (Å²) in [5, 5.41) is 20.6. The van der Waals surface area contributed by atoms with Crippen LogP contribution in [0.3, 0.4) is 0 Å². The van der Waals surface area contributed by atoms with Gasteiger partial charge in [-0.2, -0.15) is 0 Å². The van der Waals surface area contributed by atoms with Gasteiger partial charge in [0.05, 0.1) is 12.8 Å². The first-order valence-corrected chi connectivity index (χ1v) is 15.5. The van der Waals surface area contributed by atoms with Crippen LogP contribution in [0.4, 0.5) is 5.69 Å². The molecule has 1 fully saturated rings. The number of anilines is 1. The number of aliphatic carboxylic acids is 1. The average molecular weight is 607 g/mol. The van der Waals surface area contributed by atoms with Gasteiger partial charge in [0.2, 0.25) is 5.91 Å². The fourth-order valence-corrected chi connectivity index (χ4v) is 6.48. The number of phenols is 1. The number of hydrogen-bond acceptors (Lipinski definition) is 5. The van der Waals surface area contributed by atoms with Crippen molar-refractivity contribution in [3.8, 4) is 22.6 Å². The number of piperidine rings is 1. The van der Waals surface area contributed by atoms with Crippen molar-refractivity contribution >= 4 is 17.6 Å². The van der Waals surface area contributed by atoms with Gasteiger partial charge in [-0.1, -0.05) is 86.6 Å². The molecule has 234 valence electrons. The van der Waals surface area contributed by atoms with Gasteiger partial charge in [0, 0.05) is 31.5 Å². The molecule has 1 heterocycles. The van der Waals surface area contributed by atoms with Crippen LogP contribution in [0.1, 0.15) is 37.8 Å². The molecule has 7 nitrogen and oxygen atoms in total. The molecule has 4 aromatic carbocycles. The van der Waals surface area contributed by atoms with Crippen LogP contribution >= 0.6 is 0 Å². The van der Waals surface area contributed by atoms with E-state index in [4.69, 9.17) is 4.74 Å². The number of likely N-dealkylation sites (tertiary alicyclic amines) is 1. The number of carbonyl (C=O) groups excluding carboxylic acids is 1. The number of methoxy groups -OCH3 is 1. The molecule has 0 saturated carbocycles. The lowest BCUT2D eigenvalue weighted by Crippen LogP contribution is -2.50. The van der Waals surface area contributed by atoms with Gasteiger partial charge >= 0.3 is 5.97 Å². The first-order chi connectivity index (χ1) is 21.7. The van der Waals surface area contributed by atoms with E-state index in [1.807, 2.05) is 91.0 Å². The maximum atomic E-state index is 14.3. The van der Waals surface area contributed by atoms with Gasteiger partial charge in [-0.05, 0) is 71.3 Å². The molecular formula is C38H42N2O5. The Morgan fingerprint density at radius 3 is 2.36 bits per heavy atom. The molecular weight excluding hydrogens is 564 g/mol. The third-order valence-electron chi connectivity index (χ3n) is 9.42. The Kier molecular flexibility index (Phi) is 9.89. The summed E-state index contributed by atoms with van der Waals surface area (Å²) in [7, 11) is 1.61. The van der Waals surface area contributed by atoms with Crippen LogP contribution in [-0.4, -0.2) is 59.8 Å². The smallest absolute Gasteiger partial charge is 0.327 e. The summed E-state index contributed by atoms with van der Waals surface area (Å²) >= 11 is 0. The van der Waals surface area contributed by atoms with Crippen molar-refractivity contribution in [3.63, 3.8) is 0 Å². The lowest BCUT2D eigenvalue weighted by molar-refractivity contribution is -0.140. The maximum Gasteiger partial charge on any atom is 0.327 e. The minimum Gasteiger partial charge on any atom is -0.508 e. The number of hydrogen-bond donors (Lipinski definition) is 2. The molecule has 2 N–H and O–H groups in total. The summed E-state index contributed by atoms with van der Waals surface area (Å²) in [4.78, 5) is 31.0. The van der Waals surface area contributed by atoms with E-state index in [1.54, 1.807) is 13.2 Å². The fourth-order valence-electron chi connectivity index (χ4n) is 6.48. The van der Waals surface area contributed by atoms with Crippen LogP contribution in [0, 0.1) is 5.92 Å². The molecule has 7 heteroatoms. The topological polar surface area (TPSA) is 90.3 Å². The molecule has 0 spiro atoms. The highest BCUT2D eigenvalue weighted by Crippen LogP contribution is 2.40. The van der Waals surface area contributed by atoms with Crippen LogP contribution in [0.2, 0.25) is 0 Å². The predicted octanol–water partition coefficient (Wildman–Crippen LogP) is 6.79. The molecule has 45 heavy (non-hydrogen) atoms. The quantitative estimate of drug-likeness (QED) is 0.196. The average Bonchev–Trinajstić information content (AvgIpc) is 3.05. The number of aromatic hydroxyl groups is 1. The van der Waals surface area contributed by atoms with E-state index >= 15 is 0 Å². The highest BCUT2D eigenvalue weighted by Gasteiger charge is 2.39. The molecule has 0 bridgehead atoms. The molecule has 0 aliphatic carbocycles. The predicted molar refractivity (Wildman–Crippen MR) is 178 cm³/mol. The molecule has 1 amide bonds. The zero-order valence-corrected chi connectivity index (χ0v) is 26.2. The van der Waals surface area contributed by atoms with E-state index in [0.29, 0.717) is 23.9 Å². The fraction of sp³-hybridized carbons (Fsp3) is 0.316. The van der Waals surface area contributed by atoms with Gasteiger partial charge in [0.15, 0.2) is 0 Å². The number of rotatable bonds is 11. The Morgan fingerprint density at radius 1 is 0.978 bits per heavy atom. The van der Waals surface area contributed by atoms with Crippen molar-refractivity contribution in [3.05, 3.63) is 114 Å². The summed E-state index contributed by atoms with van der Waals surface area (Å²) in [5.41, 5.74) is 4.09. The molecule has 1 aliphatic heterocycles. The Labute approximate surface area is 265 Å². The number of carbonyl (C=O) groups is 2. The number of carboxylic acids is 1. The molecule has 3 atom stereocenters. The van der Waals surface area contributed by atoms with Crippen molar-refractivity contribution in [1.29, 1.82) is 0 Å². The standard InChI is InChI=1S/C38H42N2O5/c1-27-26-39(23-21-38(27,2)30-12-9-13-31(41)25-30)22-20-36(42)40(35(37(43)44)24-28-10-5-4-6-11-28)34-15-8-7-14-33(34)29-16-18-32(45-3)19-17-29/h4-19,25,27,35,41H,20-24,26H2,1-3H3,(H,43,44)/t27-,35-,38+/m0/s1. The number of ether oxygens (including phenoxy) is 1. The van der Waals surface area contributed by atoms with Gasteiger partial charge in [0.25, 0.3) is 0 Å². The molecule has 0 radical (unpaired) electrons. The maximum absolute atomic E-state index is 14.3. The second-order valence-electron chi connectivity index (χ2n) is 12.2. The van der Waals surface area contributed by atoms with Crippen molar-refractivity contribution < 1.29 is 24.5 Å². The SMILES string of the molecule is COc1ccc(-c2ccccc2N(C(=O)CCN2CC[C@@](C)(c3cccc(O)c3)[C@@H](C)C2)[C@@H](Cc2ccccc2)C(=O)O)cc1. The number of nitrogens with zero attached hydrogens (tertiary/aromatic N) is 2. The van der Waals surface area contributed by atoms with E-state index in [2.05, 4.69) is 24.8 Å². The summed E-state index contributed by atoms with van der Waals surface area (Å²) in [6.45, 7) is 6.59. The van der Waals surface area contributed by atoms with Crippen LogP contribution in [0.5, 0.6) is 11.5 Å². The number of carboxylic acid groups (broad SMARTS) is 1. The van der Waals surface area contributed by atoms with Crippen LogP contribution in [-0.2, 0) is 21.4 Å². The van der Waals surface area contributed by atoms with E-state index in [1.165, 1.54) is 4.90 Å². The van der Waals surface area contributed by atoms with Crippen molar-refractivity contribution in [1.82, 2.24) is 4.90 Å². The van der Waals surface area contributed by atoms with Crippen LogP contribution < -0.4 is 9.64 Å². The number of para-hydroxylation sites is 1. The summed E-state index contributed by atoms with van der Waals surface area (Å²) in [6, 6.07) is 30.9. The van der Waals surface area contributed by atoms with E-state index < -0.39 is 12.0 Å². The monoisotopic (exact) mass is 606 g/mol. The molecule has 0 aromatic heterocycles. The third-order valence-corrected chi connectivity index (χ3v) is 9.42. The molecule has 5 rings (SSSR count). The zero-order chi connectivity index (χ0) is 32.0. The first-order valence-electron chi connectivity index (χ1n) is 15.5. The second kappa shape index (κ2) is 14.0. The Morgan fingerprint density at radius 2 is 1.69 bits per heavy atom. The largest absolute Gasteiger partial charge is 0.508 e. The zero-order valence-electron chi connectivity index (χ0n) is 26.2. The highest BCUT2D eigenvalue weighted by atomic mass is 16.5. The van der Waals surface area contributed by atoms with Gasteiger partial charge in [-0.25, -0.2) is 4.79 Å². The minimum absolute atomic E-state index is 0.0906. The summed E-state index contributed by atoms with van der Waals surface area (Å²) in [6.07, 6.45) is 1.26. The van der Waals surface area contributed by atoms with Gasteiger partial charge in [-0.3, -0.25) is 9.69 Å². The number of benzene rings is 4. The normalized spacial score (nSPS) is 19.0. The summed E-state index contributed by atoms with van der Waals surface area (Å²) < 4.78 is 5.34. The third kappa shape index (κ3) is 7.21.